The standard InChI is InChI=1S/C15H14N2O4S/c1-22(14-9-7-13(8-10-14)17(19)20)16-15(18)21-11-12-5-3-2-4-6-12/h2-10H,11H2,1H3/p+1. The van der Waals surface area contributed by atoms with Crippen molar-refractivity contribution in [2.75, 3.05) is 6.26 Å². The van der Waals surface area contributed by atoms with Gasteiger partial charge in [-0.25, -0.2) is 4.79 Å². The number of non-ortho nitro benzene ring substituents is 1. The highest BCUT2D eigenvalue weighted by Crippen LogP contribution is 2.16. The molecule has 0 spiro atoms. The maximum Gasteiger partial charge on any atom is 0.449 e. The SMILES string of the molecule is C[S+](NC(=O)OCc1ccccc1)c1ccc([N+](=O)[O-])cc1. The van der Waals surface area contributed by atoms with E-state index in [1.165, 1.54) is 12.1 Å². The summed E-state index contributed by atoms with van der Waals surface area (Å²) in [6.45, 7) is 0.199. The minimum Gasteiger partial charge on any atom is -0.442 e. The number of amides is 1. The number of benzene rings is 2. The third kappa shape index (κ3) is 4.49. The Balaban J connectivity index is 1.86. The molecule has 0 aliphatic carbocycles. The second-order valence-corrected chi connectivity index (χ2v) is 6.12. The number of ether oxygens (including phenoxy) is 1. The maximum atomic E-state index is 11.7. The zero-order valence-corrected chi connectivity index (χ0v) is 12.7. The molecule has 2 aromatic rings. The molecule has 1 atom stereocenters. The molecular formula is C15H15N2O4S+. The first-order valence-corrected chi connectivity index (χ1v) is 8.07. The summed E-state index contributed by atoms with van der Waals surface area (Å²) in [4.78, 5) is 22.7. The molecule has 1 N–H and O–H groups in total. The largest absolute Gasteiger partial charge is 0.449 e. The number of rotatable bonds is 5. The van der Waals surface area contributed by atoms with E-state index in [0.29, 0.717) is 0 Å². The van der Waals surface area contributed by atoms with Crippen molar-refractivity contribution in [3.63, 3.8) is 0 Å². The molecule has 22 heavy (non-hydrogen) atoms. The van der Waals surface area contributed by atoms with Gasteiger partial charge in [-0.3, -0.25) is 10.1 Å². The summed E-state index contributed by atoms with van der Waals surface area (Å²) in [5.74, 6) is 0. The number of nitrogens with zero attached hydrogens (tertiary/aromatic N) is 1. The molecule has 0 radical (unpaired) electrons. The fourth-order valence-electron chi connectivity index (χ4n) is 1.71. The smallest absolute Gasteiger partial charge is 0.442 e. The van der Waals surface area contributed by atoms with Gasteiger partial charge < -0.3 is 4.74 Å². The maximum absolute atomic E-state index is 11.7. The van der Waals surface area contributed by atoms with Crippen molar-refractivity contribution >= 4 is 22.9 Å². The van der Waals surface area contributed by atoms with E-state index in [2.05, 4.69) is 4.72 Å². The molecule has 0 aliphatic rings. The fraction of sp³-hybridized carbons (Fsp3) is 0.133. The molecule has 7 heteroatoms. The number of carbonyl (C=O) groups is 1. The van der Waals surface area contributed by atoms with Crippen LogP contribution in [0.2, 0.25) is 0 Å². The average Bonchev–Trinajstić information content (AvgIpc) is 2.54. The number of nitro benzene ring substituents is 1. The highest BCUT2D eigenvalue weighted by molar-refractivity contribution is 7.94. The lowest BCUT2D eigenvalue weighted by Crippen LogP contribution is -2.30. The minimum absolute atomic E-state index is 0.0207. The molecule has 1 amide bonds. The summed E-state index contributed by atoms with van der Waals surface area (Å²) in [6.07, 6.45) is 1.29. The van der Waals surface area contributed by atoms with Gasteiger partial charge >= 0.3 is 6.09 Å². The first-order chi connectivity index (χ1) is 10.6. The van der Waals surface area contributed by atoms with Gasteiger partial charge in [0.05, 0.1) is 4.92 Å². The lowest BCUT2D eigenvalue weighted by Gasteiger charge is -2.06. The highest BCUT2D eigenvalue weighted by atomic mass is 32.2. The minimum atomic E-state index is -0.590. The van der Waals surface area contributed by atoms with Crippen LogP contribution < -0.4 is 4.72 Å². The Kier molecular flexibility index (Phi) is 5.37. The van der Waals surface area contributed by atoms with Gasteiger partial charge in [-0.2, -0.15) is 0 Å². The number of nitrogens with one attached hydrogen (secondary N) is 1. The van der Waals surface area contributed by atoms with Crippen molar-refractivity contribution in [2.45, 2.75) is 11.5 Å². The summed E-state index contributed by atoms with van der Waals surface area (Å²) in [6, 6.07) is 15.4. The van der Waals surface area contributed by atoms with Crippen LogP contribution in [0.3, 0.4) is 0 Å². The van der Waals surface area contributed by atoms with Gasteiger partial charge in [-0.15, -0.1) is 4.72 Å². The van der Waals surface area contributed by atoms with E-state index >= 15 is 0 Å². The summed E-state index contributed by atoms with van der Waals surface area (Å²) < 4.78 is 7.84. The van der Waals surface area contributed by atoms with Crippen LogP contribution in [0.4, 0.5) is 10.5 Å². The Morgan fingerprint density at radius 3 is 2.41 bits per heavy atom. The summed E-state index contributed by atoms with van der Waals surface area (Å²) >= 11 is -0.590. The van der Waals surface area contributed by atoms with Crippen molar-refractivity contribution in [1.82, 2.24) is 4.72 Å². The van der Waals surface area contributed by atoms with E-state index < -0.39 is 22.1 Å². The molecule has 2 rings (SSSR count). The van der Waals surface area contributed by atoms with E-state index in [-0.39, 0.29) is 12.3 Å². The monoisotopic (exact) mass is 319 g/mol. The summed E-state index contributed by atoms with van der Waals surface area (Å²) in [5, 5.41) is 10.6. The molecule has 0 bridgehead atoms. The number of hydrogen-bond acceptors (Lipinski definition) is 4. The van der Waals surface area contributed by atoms with Crippen molar-refractivity contribution in [3.05, 3.63) is 70.3 Å². The normalized spacial score (nSPS) is 11.5. The number of nitro groups is 1. The van der Waals surface area contributed by atoms with E-state index in [4.69, 9.17) is 4.74 Å². The highest BCUT2D eigenvalue weighted by Gasteiger charge is 2.21. The molecule has 0 aromatic heterocycles. The Labute approximate surface area is 130 Å². The van der Waals surface area contributed by atoms with Gasteiger partial charge in [0.1, 0.15) is 23.9 Å². The predicted octanol–water partition coefficient (Wildman–Crippen LogP) is 3.04. The predicted molar refractivity (Wildman–Crippen MR) is 84.4 cm³/mol. The van der Waals surface area contributed by atoms with Gasteiger partial charge in [-0.05, 0) is 5.56 Å². The van der Waals surface area contributed by atoms with Gasteiger partial charge in [0.2, 0.25) is 0 Å². The second kappa shape index (κ2) is 7.46. The van der Waals surface area contributed by atoms with Crippen molar-refractivity contribution in [1.29, 1.82) is 0 Å². The topological polar surface area (TPSA) is 81.5 Å². The Morgan fingerprint density at radius 2 is 1.82 bits per heavy atom. The summed E-state index contributed by atoms with van der Waals surface area (Å²) in [5.41, 5.74) is 0.927. The van der Waals surface area contributed by atoms with Gasteiger partial charge in [-0.1, -0.05) is 30.3 Å². The van der Waals surface area contributed by atoms with Crippen molar-refractivity contribution in [2.24, 2.45) is 0 Å². The van der Waals surface area contributed by atoms with Crippen LogP contribution in [0.15, 0.2) is 59.5 Å². The Morgan fingerprint density at radius 1 is 1.18 bits per heavy atom. The van der Waals surface area contributed by atoms with Crippen LogP contribution in [0.5, 0.6) is 0 Å². The lowest BCUT2D eigenvalue weighted by molar-refractivity contribution is -0.384. The molecule has 0 heterocycles. The first-order valence-electron chi connectivity index (χ1n) is 6.44. The zero-order chi connectivity index (χ0) is 15.9. The average molecular weight is 319 g/mol. The fourth-order valence-corrected chi connectivity index (χ4v) is 2.68. The third-order valence-electron chi connectivity index (χ3n) is 2.85. The van der Waals surface area contributed by atoms with Crippen LogP contribution in [0, 0.1) is 10.1 Å². The molecule has 0 fully saturated rings. The summed E-state index contributed by atoms with van der Waals surface area (Å²) in [7, 11) is 0. The Hall–Kier alpha value is -2.54. The molecular weight excluding hydrogens is 304 g/mol. The third-order valence-corrected chi connectivity index (χ3v) is 4.30. The van der Waals surface area contributed by atoms with E-state index in [1.54, 1.807) is 12.1 Å². The number of carbonyl (C=O) groups excluding carboxylic acids is 1. The lowest BCUT2D eigenvalue weighted by atomic mass is 10.2. The molecule has 0 aliphatic heterocycles. The van der Waals surface area contributed by atoms with Crippen LogP contribution in [0.1, 0.15) is 5.56 Å². The Bertz CT molecular complexity index is 646. The molecule has 2 aromatic carbocycles. The number of hydrogen-bond donors (Lipinski definition) is 1. The quantitative estimate of drug-likeness (QED) is 0.522. The van der Waals surface area contributed by atoms with Crippen LogP contribution >= 0.6 is 0 Å². The van der Waals surface area contributed by atoms with Crippen LogP contribution in [-0.4, -0.2) is 17.3 Å². The van der Waals surface area contributed by atoms with Crippen molar-refractivity contribution < 1.29 is 14.5 Å². The molecule has 0 saturated heterocycles. The van der Waals surface area contributed by atoms with Crippen LogP contribution in [-0.2, 0) is 22.4 Å². The molecule has 114 valence electrons. The molecule has 0 saturated carbocycles. The first kappa shape index (κ1) is 15.8. The van der Waals surface area contributed by atoms with E-state index in [0.717, 1.165) is 10.5 Å². The van der Waals surface area contributed by atoms with Gasteiger partial charge in [0.25, 0.3) is 5.69 Å². The van der Waals surface area contributed by atoms with E-state index in [1.807, 2.05) is 36.6 Å². The van der Waals surface area contributed by atoms with Gasteiger partial charge in [0.15, 0.2) is 4.90 Å². The molecule has 6 nitrogen and oxygen atoms in total. The molecule has 1 unspecified atom stereocenters. The zero-order valence-electron chi connectivity index (χ0n) is 11.9. The van der Waals surface area contributed by atoms with Crippen molar-refractivity contribution in [3.8, 4) is 0 Å². The van der Waals surface area contributed by atoms with Crippen LogP contribution in [0.25, 0.3) is 0 Å². The van der Waals surface area contributed by atoms with E-state index in [9.17, 15) is 14.9 Å². The second-order valence-electron chi connectivity index (χ2n) is 4.43. The van der Waals surface area contributed by atoms with Gasteiger partial charge in [0, 0.05) is 24.3 Å².